The van der Waals surface area contributed by atoms with Crippen molar-refractivity contribution in [3.63, 3.8) is 0 Å². The van der Waals surface area contributed by atoms with Gasteiger partial charge in [0.05, 0.1) is 0 Å². The molecule has 112 valence electrons. The third kappa shape index (κ3) is 3.91. The molecule has 0 spiro atoms. The zero-order chi connectivity index (χ0) is 15.6. The normalized spacial score (nSPS) is 13.1. The molecule has 0 amide bonds. The first kappa shape index (κ1) is 16.6. The van der Waals surface area contributed by atoms with Crippen LogP contribution in [-0.4, -0.2) is 8.42 Å². The first-order valence-corrected chi connectivity index (χ1v) is 9.10. The number of rotatable bonds is 4. The van der Waals surface area contributed by atoms with E-state index in [9.17, 15) is 12.8 Å². The smallest absolute Gasteiger partial charge is 0.207 e. The molecular weight excluding hydrogens is 425 g/mol. The van der Waals surface area contributed by atoms with Crippen LogP contribution in [0.4, 0.5) is 4.39 Å². The quantitative estimate of drug-likeness (QED) is 0.772. The van der Waals surface area contributed by atoms with E-state index in [4.69, 9.17) is 0 Å². The van der Waals surface area contributed by atoms with Gasteiger partial charge in [0.1, 0.15) is 10.7 Å². The molecule has 1 atom stereocenters. The van der Waals surface area contributed by atoms with E-state index >= 15 is 0 Å². The highest BCUT2D eigenvalue weighted by atomic mass is 79.9. The van der Waals surface area contributed by atoms with Crippen molar-refractivity contribution >= 4 is 41.9 Å². The lowest BCUT2D eigenvalue weighted by Gasteiger charge is -2.16. The maximum Gasteiger partial charge on any atom is 0.244 e. The second kappa shape index (κ2) is 6.56. The average Bonchev–Trinajstić information content (AvgIpc) is 2.37. The molecule has 0 aliphatic rings. The van der Waals surface area contributed by atoms with Gasteiger partial charge in [0.25, 0.3) is 0 Å². The van der Waals surface area contributed by atoms with Gasteiger partial charge >= 0.3 is 0 Å². The average molecular weight is 437 g/mol. The molecule has 1 N–H and O–H groups in total. The molecule has 3 nitrogen and oxygen atoms in total. The Labute approximate surface area is 139 Å². The minimum absolute atomic E-state index is 0.371. The van der Waals surface area contributed by atoms with Crippen LogP contribution in [-0.2, 0) is 10.0 Å². The molecule has 0 radical (unpaired) electrons. The Morgan fingerprint density at radius 3 is 2.43 bits per heavy atom. The molecule has 0 fully saturated rings. The van der Waals surface area contributed by atoms with Crippen molar-refractivity contribution in [3.8, 4) is 0 Å². The second-order valence-corrected chi connectivity index (χ2v) is 7.89. The Kier molecular flexibility index (Phi) is 5.19. The van der Waals surface area contributed by atoms with Crippen LogP contribution in [0.3, 0.4) is 0 Å². The maximum absolute atomic E-state index is 13.8. The van der Waals surface area contributed by atoms with Crippen molar-refractivity contribution < 1.29 is 12.8 Å². The summed E-state index contributed by atoms with van der Waals surface area (Å²) in [4.78, 5) is -0.371. The van der Waals surface area contributed by atoms with E-state index in [2.05, 4.69) is 36.6 Å². The van der Waals surface area contributed by atoms with Crippen LogP contribution in [0.1, 0.15) is 18.5 Å². The summed E-state index contributed by atoms with van der Waals surface area (Å²) in [7, 11) is -3.94. The van der Waals surface area contributed by atoms with Crippen LogP contribution in [0.15, 0.2) is 56.3 Å². The molecule has 21 heavy (non-hydrogen) atoms. The number of hydrogen-bond acceptors (Lipinski definition) is 2. The van der Waals surface area contributed by atoms with Gasteiger partial charge in [-0.15, -0.1) is 0 Å². The van der Waals surface area contributed by atoms with Crippen LogP contribution in [0.25, 0.3) is 0 Å². The maximum atomic E-state index is 13.8. The molecule has 0 bridgehead atoms. The van der Waals surface area contributed by atoms with Gasteiger partial charge < -0.3 is 0 Å². The molecule has 2 rings (SSSR count). The summed E-state index contributed by atoms with van der Waals surface area (Å²) in [5.74, 6) is -0.795. The molecule has 0 saturated heterocycles. The molecule has 0 aliphatic carbocycles. The van der Waals surface area contributed by atoms with Gasteiger partial charge in [-0.1, -0.05) is 50.1 Å². The minimum Gasteiger partial charge on any atom is -0.207 e. The van der Waals surface area contributed by atoms with Gasteiger partial charge in [-0.05, 0) is 36.8 Å². The molecule has 7 heteroatoms. The fourth-order valence-electron chi connectivity index (χ4n) is 1.88. The highest BCUT2D eigenvalue weighted by molar-refractivity contribution is 9.10. The first-order chi connectivity index (χ1) is 9.81. The molecule has 0 saturated carbocycles. The van der Waals surface area contributed by atoms with Crippen molar-refractivity contribution in [1.82, 2.24) is 4.72 Å². The van der Waals surface area contributed by atoms with E-state index in [0.29, 0.717) is 4.47 Å². The summed E-state index contributed by atoms with van der Waals surface area (Å²) in [5.41, 5.74) is 0.776. The van der Waals surface area contributed by atoms with Gasteiger partial charge in [0.15, 0.2) is 0 Å². The van der Waals surface area contributed by atoms with Crippen molar-refractivity contribution in [2.45, 2.75) is 17.9 Å². The lowest BCUT2D eigenvalue weighted by Crippen LogP contribution is -2.27. The third-order valence-electron chi connectivity index (χ3n) is 2.89. The van der Waals surface area contributed by atoms with Crippen LogP contribution in [0.2, 0.25) is 0 Å². The van der Waals surface area contributed by atoms with Crippen LogP contribution in [0, 0.1) is 5.82 Å². The van der Waals surface area contributed by atoms with Gasteiger partial charge in [-0.3, -0.25) is 0 Å². The number of sulfonamides is 1. The fourth-order valence-corrected chi connectivity index (χ4v) is 4.12. The van der Waals surface area contributed by atoms with E-state index in [-0.39, 0.29) is 4.90 Å². The van der Waals surface area contributed by atoms with Crippen LogP contribution >= 0.6 is 31.9 Å². The summed E-state index contributed by atoms with van der Waals surface area (Å²) in [6.07, 6.45) is 0. The number of halogens is 3. The Morgan fingerprint density at radius 1 is 1.14 bits per heavy atom. The topological polar surface area (TPSA) is 46.2 Å². The Bertz CT molecular complexity index is 765. The fraction of sp³-hybridized carbons (Fsp3) is 0.143. The van der Waals surface area contributed by atoms with Crippen molar-refractivity contribution in [2.75, 3.05) is 0 Å². The monoisotopic (exact) mass is 435 g/mol. The number of nitrogens with one attached hydrogen (secondary N) is 1. The second-order valence-electron chi connectivity index (χ2n) is 4.44. The highest BCUT2D eigenvalue weighted by Crippen LogP contribution is 2.25. The van der Waals surface area contributed by atoms with E-state index < -0.39 is 21.9 Å². The SMILES string of the molecule is CC(NS(=O)(=O)c1ccc(Br)cc1F)c1ccccc1Br. The molecule has 2 aromatic carbocycles. The molecule has 2 aromatic rings. The molecule has 1 unspecified atom stereocenters. The van der Waals surface area contributed by atoms with Crippen LogP contribution in [0.5, 0.6) is 0 Å². The van der Waals surface area contributed by atoms with Crippen molar-refractivity contribution in [2.24, 2.45) is 0 Å². The third-order valence-corrected chi connectivity index (χ3v) is 5.68. The summed E-state index contributed by atoms with van der Waals surface area (Å²) in [5, 5.41) is 0. The Hall–Kier alpha value is -0.760. The molecule has 0 aromatic heterocycles. The van der Waals surface area contributed by atoms with E-state index in [1.807, 2.05) is 18.2 Å². The standard InChI is InChI=1S/C14H12Br2FNO2S/c1-9(11-4-2-3-5-12(11)16)18-21(19,20)14-7-6-10(15)8-13(14)17/h2-9,18H,1H3. The van der Waals surface area contributed by atoms with Gasteiger partial charge in [0.2, 0.25) is 10.0 Å². The lowest BCUT2D eigenvalue weighted by atomic mass is 10.1. The van der Waals surface area contributed by atoms with E-state index in [0.717, 1.165) is 16.1 Å². The number of hydrogen-bond donors (Lipinski definition) is 1. The largest absolute Gasteiger partial charge is 0.244 e. The van der Waals surface area contributed by atoms with Crippen molar-refractivity contribution in [3.05, 3.63) is 62.8 Å². The summed E-state index contributed by atoms with van der Waals surface area (Å²) in [6.45, 7) is 1.70. The number of benzene rings is 2. The molecular formula is C14H12Br2FNO2S. The van der Waals surface area contributed by atoms with E-state index in [1.54, 1.807) is 13.0 Å². The van der Waals surface area contributed by atoms with Crippen molar-refractivity contribution in [1.29, 1.82) is 0 Å². The lowest BCUT2D eigenvalue weighted by molar-refractivity contribution is 0.546. The zero-order valence-electron chi connectivity index (χ0n) is 11.0. The highest BCUT2D eigenvalue weighted by Gasteiger charge is 2.22. The summed E-state index contributed by atoms with van der Waals surface area (Å²) >= 11 is 6.47. The Morgan fingerprint density at radius 2 is 1.81 bits per heavy atom. The van der Waals surface area contributed by atoms with Crippen LogP contribution < -0.4 is 4.72 Å². The van der Waals surface area contributed by atoms with E-state index in [1.165, 1.54) is 12.1 Å². The Balaban J connectivity index is 2.31. The zero-order valence-corrected chi connectivity index (χ0v) is 15.0. The predicted molar refractivity (Wildman–Crippen MR) is 87.0 cm³/mol. The molecule has 0 aliphatic heterocycles. The van der Waals surface area contributed by atoms with Gasteiger partial charge in [-0.2, -0.15) is 0 Å². The van der Waals surface area contributed by atoms with Gasteiger partial charge in [-0.25, -0.2) is 17.5 Å². The predicted octanol–water partition coefficient (Wildman–Crippen LogP) is 4.39. The molecule has 0 heterocycles. The first-order valence-electron chi connectivity index (χ1n) is 6.03. The summed E-state index contributed by atoms with van der Waals surface area (Å²) in [6, 6.07) is 10.6. The van der Waals surface area contributed by atoms with Gasteiger partial charge in [0, 0.05) is 15.0 Å². The minimum atomic E-state index is -3.94. The summed E-state index contributed by atoms with van der Waals surface area (Å²) < 4.78 is 42.1.